The molecule has 2 heterocycles. The van der Waals surface area contributed by atoms with Crippen molar-refractivity contribution in [3.05, 3.63) is 35.9 Å². The summed E-state index contributed by atoms with van der Waals surface area (Å²) in [6, 6.07) is 10.2. The summed E-state index contributed by atoms with van der Waals surface area (Å²) < 4.78 is 11.2. The van der Waals surface area contributed by atoms with Gasteiger partial charge in [0, 0.05) is 0 Å². The number of hydrogen-bond donors (Lipinski definition) is 2. The van der Waals surface area contributed by atoms with Crippen molar-refractivity contribution in [1.29, 1.82) is 0 Å². The summed E-state index contributed by atoms with van der Waals surface area (Å²) >= 11 is 0. The number of hydrogen-bond acceptors (Lipinski definition) is 4. The van der Waals surface area contributed by atoms with Crippen molar-refractivity contribution in [1.82, 2.24) is 5.32 Å². The zero-order valence-electron chi connectivity index (χ0n) is 9.76. The van der Waals surface area contributed by atoms with E-state index in [1.807, 2.05) is 18.2 Å². The topological polar surface area (TPSA) is 56.5 Å². The van der Waals surface area contributed by atoms with Gasteiger partial charge in [0.2, 0.25) is 0 Å². The van der Waals surface area contributed by atoms with E-state index in [-0.39, 0.29) is 13.1 Å². The van der Waals surface area contributed by atoms with Crippen molar-refractivity contribution >= 4 is 7.12 Å². The van der Waals surface area contributed by atoms with Crippen molar-refractivity contribution in [2.75, 3.05) is 19.8 Å². The predicted octanol–water partition coefficient (Wildman–Crippen LogP) is 0.277. The fourth-order valence-corrected chi connectivity index (χ4v) is 2.75. The van der Waals surface area contributed by atoms with Gasteiger partial charge in [-0.1, -0.05) is 30.3 Å². The summed E-state index contributed by atoms with van der Waals surface area (Å²) in [5.74, 6) is 0.0346. The van der Waals surface area contributed by atoms with Crippen LogP contribution in [-0.4, -0.2) is 32.8 Å². The maximum atomic E-state index is 6.58. The fraction of sp³-hybridized carbons (Fsp3) is 0.500. The Hall–Kier alpha value is -0.875. The van der Waals surface area contributed by atoms with E-state index >= 15 is 0 Å². The molecule has 2 unspecified atom stereocenters. The summed E-state index contributed by atoms with van der Waals surface area (Å²) in [5.41, 5.74) is 7.34. The average molecular weight is 232 g/mol. The molecular formula is C12H17BN2O2. The highest BCUT2D eigenvalue weighted by Crippen LogP contribution is 2.32. The van der Waals surface area contributed by atoms with Crippen LogP contribution in [0.1, 0.15) is 12.0 Å². The van der Waals surface area contributed by atoms with Gasteiger partial charge in [-0.2, -0.15) is 0 Å². The van der Waals surface area contributed by atoms with Gasteiger partial charge in [0.15, 0.2) is 0 Å². The number of benzene rings is 1. The Bertz CT molecular complexity index is 383. The molecular weight excluding hydrogens is 215 g/mol. The summed E-state index contributed by atoms with van der Waals surface area (Å²) in [6.07, 6.45) is 0.908. The van der Waals surface area contributed by atoms with Gasteiger partial charge in [-0.05, 0) is 18.5 Å². The van der Waals surface area contributed by atoms with Gasteiger partial charge in [0.05, 0.1) is 24.7 Å². The van der Waals surface area contributed by atoms with Gasteiger partial charge < -0.3 is 20.4 Å². The van der Waals surface area contributed by atoms with E-state index in [9.17, 15) is 0 Å². The van der Waals surface area contributed by atoms with Crippen LogP contribution in [0.15, 0.2) is 30.3 Å². The Morgan fingerprint density at radius 3 is 2.65 bits per heavy atom. The van der Waals surface area contributed by atoms with E-state index in [4.69, 9.17) is 15.0 Å². The second-order valence-corrected chi connectivity index (χ2v) is 4.70. The lowest BCUT2D eigenvalue weighted by Gasteiger charge is -2.32. The summed E-state index contributed by atoms with van der Waals surface area (Å²) in [7, 11) is -0.220. The van der Waals surface area contributed by atoms with Gasteiger partial charge >= 0.3 is 7.12 Å². The van der Waals surface area contributed by atoms with Gasteiger partial charge in [-0.15, -0.1) is 0 Å². The lowest BCUT2D eigenvalue weighted by molar-refractivity contribution is 0.316. The number of nitrogens with one attached hydrogen (secondary N) is 1. The fourth-order valence-electron chi connectivity index (χ4n) is 2.75. The molecule has 4 nitrogen and oxygen atoms in total. The van der Waals surface area contributed by atoms with Gasteiger partial charge in [0.25, 0.3) is 0 Å². The van der Waals surface area contributed by atoms with E-state index in [1.54, 1.807) is 0 Å². The molecule has 3 rings (SSSR count). The van der Waals surface area contributed by atoms with E-state index in [0.717, 1.165) is 18.5 Å². The van der Waals surface area contributed by atoms with Crippen LogP contribution in [-0.2, 0) is 14.8 Å². The van der Waals surface area contributed by atoms with Gasteiger partial charge in [-0.25, -0.2) is 0 Å². The smallest absolute Gasteiger partial charge is 0.408 e. The molecule has 5 heteroatoms. The quantitative estimate of drug-likeness (QED) is 0.719. The predicted molar refractivity (Wildman–Crippen MR) is 66.4 cm³/mol. The van der Waals surface area contributed by atoms with Crippen LogP contribution in [0.3, 0.4) is 0 Å². The van der Waals surface area contributed by atoms with Crippen LogP contribution in [0.4, 0.5) is 0 Å². The molecule has 0 bridgehead atoms. The molecule has 3 N–H and O–H groups in total. The van der Waals surface area contributed by atoms with E-state index in [1.165, 1.54) is 0 Å². The normalized spacial score (nSPS) is 33.2. The molecule has 0 saturated carbocycles. The number of rotatable bonds is 2. The Balaban J connectivity index is 1.89. The third-order valence-corrected chi connectivity index (χ3v) is 3.69. The molecule has 0 amide bonds. The second kappa shape index (κ2) is 4.42. The van der Waals surface area contributed by atoms with Crippen LogP contribution < -0.4 is 11.1 Å². The molecule has 0 spiro atoms. The molecule has 1 aromatic rings. The average Bonchev–Trinajstić information content (AvgIpc) is 2.99. The number of nitrogens with two attached hydrogens (primary N) is 1. The lowest BCUT2D eigenvalue weighted by atomic mass is 9.66. The first kappa shape index (κ1) is 11.2. The second-order valence-electron chi connectivity index (χ2n) is 4.70. The van der Waals surface area contributed by atoms with Crippen molar-refractivity contribution in [2.45, 2.75) is 17.9 Å². The largest absolute Gasteiger partial charge is 0.477 e. The molecule has 0 aliphatic carbocycles. The minimum atomic E-state index is -0.393. The maximum absolute atomic E-state index is 6.58. The molecule has 0 aromatic heterocycles. The SMILES string of the molecule is NC1(c2ccccc2)CCNC1B1OCCO1. The Kier molecular flexibility index (Phi) is 2.92. The Labute approximate surface area is 102 Å². The van der Waals surface area contributed by atoms with E-state index in [2.05, 4.69) is 17.4 Å². The Morgan fingerprint density at radius 2 is 1.94 bits per heavy atom. The Morgan fingerprint density at radius 1 is 1.24 bits per heavy atom. The zero-order valence-corrected chi connectivity index (χ0v) is 9.76. The first-order valence-electron chi connectivity index (χ1n) is 6.12. The minimum Gasteiger partial charge on any atom is -0.408 e. The van der Waals surface area contributed by atoms with Crippen LogP contribution in [0, 0.1) is 0 Å². The van der Waals surface area contributed by atoms with Crippen LogP contribution in [0.25, 0.3) is 0 Å². The van der Waals surface area contributed by atoms with Crippen molar-refractivity contribution < 1.29 is 9.31 Å². The van der Waals surface area contributed by atoms with Crippen LogP contribution >= 0.6 is 0 Å². The standard InChI is InChI=1S/C12H17BN2O2/c14-12(10-4-2-1-3-5-10)6-7-15-11(12)13-16-8-9-17-13/h1-5,11,15H,6-9,14H2. The molecule has 17 heavy (non-hydrogen) atoms. The molecule has 2 fully saturated rings. The monoisotopic (exact) mass is 232 g/mol. The first-order chi connectivity index (χ1) is 8.31. The molecule has 90 valence electrons. The molecule has 0 radical (unpaired) electrons. The van der Waals surface area contributed by atoms with Crippen molar-refractivity contribution in [3.63, 3.8) is 0 Å². The van der Waals surface area contributed by atoms with Gasteiger partial charge in [0.1, 0.15) is 0 Å². The van der Waals surface area contributed by atoms with Crippen molar-refractivity contribution in [2.24, 2.45) is 5.73 Å². The summed E-state index contributed by atoms with van der Waals surface area (Å²) in [6.45, 7) is 2.22. The summed E-state index contributed by atoms with van der Waals surface area (Å²) in [4.78, 5) is 0. The summed E-state index contributed by atoms with van der Waals surface area (Å²) in [5, 5.41) is 3.41. The molecule has 2 saturated heterocycles. The third-order valence-electron chi connectivity index (χ3n) is 3.69. The highest BCUT2D eigenvalue weighted by molar-refractivity contribution is 6.47. The highest BCUT2D eigenvalue weighted by atomic mass is 16.6. The minimum absolute atomic E-state index is 0.0346. The molecule has 2 aliphatic rings. The van der Waals surface area contributed by atoms with Crippen molar-refractivity contribution in [3.8, 4) is 0 Å². The van der Waals surface area contributed by atoms with Crippen LogP contribution in [0.2, 0.25) is 0 Å². The molecule has 1 aromatic carbocycles. The molecule has 2 atom stereocenters. The molecule has 2 aliphatic heterocycles. The lowest BCUT2D eigenvalue weighted by Crippen LogP contribution is -2.56. The zero-order chi connectivity index (χ0) is 11.7. The van der Waals surface area contributed by atoms with E-state index < -0.39 is 5.54 Å². The highest BCUT2D eigenvalue weighted by Gasteiger charge is 2.50. The van der Waals surface area contributed by atoms with Gasteiger partial charge in [-0.3, -0.25) is 0 Å². The maximum Gasteiger partial charge on any atom is 0.477 e. The third kappa shape index (κ3) is 1.89. The first-order valence-corrected chi connectivity index (χ1v) is 6.12. The van der Waals surface area contributed by atoms with E-state index in [0.29, 0.717) is 13.2 Å². The van der Waals surface area contributed by atoms with Crippen LogP contribution in [0.5, 0.6) is 0 Å².